The van der Waals surface area contributed by atoms with E-state index in [9.17, 15) is 8.42 Å². The molecule has 2 aliphatic rings. The monoisotopic (exact) mass is 382 g/mol. The first-order valence-corrected chi connectivity index (χ1v) is 11.1. The van der Waals surface area contributed by atoms with Gasteiger partial charge in [-0.15, -0.1) is 0 Å². The predicted molar refractivity (Wildman–Crippen MR) is 102 cm³/mol. The van der Waals surface area contributed by atoms with Crippen LogP contribution in [0.1, 0.15) is 37.4 Å². The Kier molecular flexibility index (Phi) is 5.63. The maximum absolute atomic E-state index is 12.7. The molecule has 1 saturated heterocycles. The van der Waals surface area contributed by atoms with Gasteiger partial charge in [0.05, 0.1) is 25.5 Å². The van der Waals surface area contributed by atoms with E-state index in [2.05, 4.69) is 11.0 Å². The minimum Gasteiger partial charge on any atom is -0.487 e. The lowest BCUT2D eigenvalue weighted by Gasteiger charge is -2.42. The van der Waals surface area contributed by atoms with E-state index in [-0.39, 0.29) is 6.04 Å². The highest BCUT2D eigenvalue weighted by molar-refractivity contribution is 7.88. The predicted octanol–water partition coefficient (Wildman–Crippen LogP) is 2.19. The van der Waals surface area contributed by atoms with Crippen molar-refractivity contribution in [2.24, 2.45) is 0 Å². The second-order valence-corrected chi connectivity index (χ2v) is 9.89. The molecule has 1 unspecified atom stereocenters. The third kappa shape index (κ3) is 4.57. The molecule has 26 heavy (non-hydrogen) atoms. The molecule has 6 nitrogen and oxygen atoms in total. The van der Waals surface area contributed by atoms with Crippen LogP contribution in [-0.4, -0.2) is 68.9 Å². The summed E-state index contributed by atoms with van der Waals surface area (Å²) in [5.74, 6) is 0.789. The van der Waals surface area contributed by atoms with E-state index < -0.39 is 15.6 Å². The smallest absolute Gasteiger partial charge is 0.211 e. The highest BCUT2D eigenvalue weighted by Crippen LogP contribution is 2.43. The molecule has 0 aliphatic carbocycles. The van der Waals surface area contributed by atoms with E-state index in [1.165, 1.54) is 6.26 Å². The molecule has 0 saturated carbocycles. The van der Waals surface area contributed by atoms with Crippen molar-refractivity contribution in [3.8, 4) is 5.75 Å². The summed E-state index contributed by atoms with van der Waals surface area (Å²) in [5, 5.41) is 0. The van der Waals surface area contributed by atoms with E-state index in [1.807, 2.05) is 32.9 Å². The molecular formula is C19H30N2O4S. The van der Waals surface area contributed by atoms with Crippen molar-refractivity contribution in [2.45, 2.75) is 38.8 Å². The van der Waals surface area contributed by atoms with Crippen molar-refractivity contribution in [3.05, 3.63) is 29.3 Å². The van der Waals surface area contributed by atoms with Gasteiger partial charge in [-0.2, -0.15) is 4.31 Å². The van der Waals surface area contributed by atoms with Crippen molar-refractivity contribution in [1.82, 2.24) is 9.21 Å². The zero-order valence-corrected chi connectivity index (χ0v) is 17.0. The molecule has 0 spiro atoms. The van der Waals surface area contributed by atoms with Gasteiger partial charge in [-0.3, -0.25) is 4.90 Å². The summed E-state index contributed by atoms with van der Waals surface area (Å²) in [6.45, 7) is 10.4. The molecule has 0 N–H and O–H groups in total. The average molecular weight is 383 g/mol. The number of hydrogen-bond donors (Lipinski definition) is 0. The molecule has 0 amide bonds. The Morgan fingerprint density at radius 2 is 1.96 bits per heavy atom. The first-order chi connectivity index (χ1) is 12.2. The minimum atomic E-state index is -3.35. The summed E-state index contributed by atoms with van der Waals surface area (Å²) in [6.07, 6.45) is 1.95. The van der Waals surface area contributed by atoms with Crippen LogP contribution in [-0.2, 0) is 14.8 Å². The summed E-state index contributed by atoms with van der Waals surface area (Å²) in [4.78, 5) is 2.27. The highest BCUT2D eigenvalue weighted by Gasteiger charge is 2.40. The van der Waals surface area contributed by atoms with E-state index in [4.69, 9.17) is 9.47 Å². The van der Waals surface area contributed by atoms with Gasteiger partial charge in [0.1, 0.15) is 11.4 Å². The second kappa shape index (κ2) is 7.46. The normalized spacial score (nSPS) is 23.5. The number of morpholine rings is 1. The van der Waals surface area contributed by atoms with Crippen LogP contribution in [0.15, 0.2) is 18.2 Å². The maximum atomic E-state index is 12.7. The topological polar surface area (TPSA) is 59.1 Å². The van der Waals surface area contributed by atoms with Gasteiger partial charge in [-0.25, -0.2) is 8.42 Å². The van der Waals surface area contributed by atoms with Gasteiger partial charge < -0.3 is 9.47 Å². The van der Waals surface area contributed by atoms with Gasteiger partial charge in [0.2, 0.25) is 10.0 Å². The van der Waals surface area contributed by atoms with E-state index in [1.54, 1.807) is 4.31 Å². The Morgan fingerprint density at radius 1 is 1.27 bits per heavy atom. The number of sulfonamides is 1. The summed E-state index contributed by atoms with van der Waals surface area (Å²) in [6, 6.07) is 5.82. The van der Waals surface area contributed by atoms with Gasteiger partial charge >= 0.3 is 0 Å². The van der Waals surface area contributed by atoms with Crippen LogP contribution >= 0.6 is 0 Å². The van der Waals surface area contributed by atoms with Crippen molar-refractivity contribution in [3.63, 3.8) is 0 Å². The zero-order chi connectivity index (χ0) is 18.9. The summed E-state index contributed by atoms with van der Waals surface area (Å²) < 4.78 is 38.5. The molecule has 0 bridgehead atoms. The Balaban J connectivity index is 1.89. The molecule has 2 heterocycles. The fraction of sp³-hybridized carbons (Fsp3) is 0.684. The highest BCUT2D eigenvalue weighted by atomic mass is 32.2. The fourth-order valence-corrected chi connectivity index (χ4v) is 4.87. The largest absolute Gasteiger partial charge is 0.487 e. The number of fused-ring (bicyclic) bond motifs is 1. The summed E-state index contributed by atoms with van der Waals surface area (Å²) >= 11 is 0. The number of aryl methyl sites for hydroxylation is 1. The summed E-state index contributed by atoms with van der Waals surface area (Å²) in [5.41, 5.74) is 1.67. The van der Waals surface area contributed by atoms with Crippen LogP contribution in [0.5, 0.6) is 5.75 Å². The number of benzene rings is 1. The number of hydrogen-bond acceptors (Lipinski definition) is 5. The van der Waals surface area contributed by atoms with Crippen molar-refractivity contribution in [2.75, 3.05) is 45.6 Å². The average Bonchev–Trinajstić information content (AvgIpc) is 2.54. The molecule has 3 rings (SSSR count). The van der Waals surface area contributed by atoms with Crippen LogP contribution in [0.3, 0.4) is 0 Å². The fourth-order valence-electron chi connectivity index (χ4n) is 3.81. The lowest BCUT2D eigenvalue weighted by atomic mass is 9.89. The van der Waals surface area contributed by atoms with E-state index >= 15 is 0 Å². The SMILES string of the molecule is Cc1ccc2c(c1)C(N(CCN1CCOCC1)S(C)(=O)=O)CC(C)(C)O2. The van der Waals surface area contributed by atoms with Crippen LogP contribution in [0.4, 0.5) is 0 Å². The van der Waals surface area contributed by atoms with Gasteiger partial charge in [0, 0.05) is 38.2 Å². The first kappa shape index (κ1) is 19.6. The molecular weight excluding hydrogens is 352 g/mol. The molecule has 2 aliphatic heterocycles. The van der Waals surface area contributed by atoms with E-state index in [0.717, 1.165) is 36.5 Å². The third-order valence-electron chi connectivity index (χ3n) is 5.11. The summed E-state index contributed by atoms with van der Waals surface area (Å²) in [7, 11) is -3.35. The van der Waals surface area contributed by atoms with Crippen LogP contribution < -0.4 is 4.74 Å². The second-order valence-electron chi connectivity index (χ2n) is 7.95. The quantitative estimate of drug-likeness (QED) is 0.781. The van der Waals surface area contributed by atoms with Crippen LogP contribution in [0.25, 0.3) is 0 Å². The number of ether oxygens (including phenoxy) is 2. The zero-order valence-electron chi connectivity index (χ0n) is 16.2. The maximum Gasteiger partial charge on any atom is 0.211 e. The molecule has 7 heteroatoms. The molecule has 1 aromatic rings. The van der Waals surface area contributed by atoms with Crippen LogP contribution in [0, 0.1) is 6.92 Å². The van der Waals surface area contributed by atoms with Gasteiger partial charge in [-0.1, -0.05) is 17.7 Å². The van der Waals surface area contributed by atoms with Gasteiger partial charge in [0.15, 0.2) is 0 Å². The van der Waals surface area contributed by atoms with Gasteiger partial charge in [-0.05, 0) is 26.8 Å². The standard InChI is InChI=1S/C19H30N2O4S/c1-15-5-6-18-16(13-15)17(14-19(2,3)25-18)21(26(4,22)23)8-7-20-9-11-24-12-10-20/h5-6,13,17H,7-12,14H2,1-4H3. The van der Waals surface area contributed by atoms with E-state index in [0.29, 0.717) is 26.2 Å². The van der Waals surface area contributed by atoms with Crippen molar-refractivity contribution >= 4 is 10.0 Å². The number of rotatable bonds is 5. The van der Waals surface area contributed by atoms with Crippen molar-refractivity contribution < 1.29 is 17.9 Å². The Bertz CT molecular complexity index is 742. The third-order valence-corrected chi connectivity index (χ3v) is 6.40. The molecule has 0 aromatic heterocycles. The van der Waals surface area contributed by atoms with Crippen LogP contribution in [0.2, 0.25) is 0 Å². The lowest BCUT2D eigenvalue weighted by molar-refractivity contribution is 0.0283. The molecule has 1 atom stereocenters. The van der Waals surface area contributed by atoms with Crippen molar-refractivity contribution in [1.29, 1.82) is 0 Å². The molecule has 0 radical (unpaired) electrons. The molecule has 146 valence electrons. The Labute approximate surface area is 157 Å². The van der Waals surface area contributed by atoms with Gasteiger partial charge in [0.25, 0.3) is 0 Å². The molecule has 1 aromatic carbocycles. The molecule has 1 fully saturated rings. The lowest BCUT2D eigenvalue weighted by Crippen LogP contribution is -2.47. The Morgan fingerprint density at radius 3 is 2.62 bits per heavy atom. The first-order valence-electron chi connectivity index (χ1n) is 9.22. The Hall–Kier alpha value is -1.15. The minimum absolute atomic E-state index is 0.204. The number of nitrogens with zero attached hydrogens (tertiary/aromatic N) is 2.